The summed E-state index contributed by atoms with van der Waals surface area (Å²) >= 11 is 0. The molecule has 0 radical (unpaired) electrons. The van der Waals surface area contributed by atoms with Gasteiger partial charge >= 0.3 is 0 Å². The number of hydrogen-bond donors (Lipinski definition) is 2. The number of nitro groups is 1. The lowest BCUT2D eigenvalue weighted by Crippen LogP contribution is -2.15. The highest BCUT2D eigenvalue weighted by atomic mass is 32.2. The fraction of sp³-hybridized carbons (Fsp3) is 0.0833. The number of hydrogen-bond acceptors (Lipinski definition) is 6. The summed E-state index contributed by atoms with van der Waals surface area (Å²) in [5, 5.41) is 10.9. The number of aryl methyl sites for hydroxylation is 1. The molecule has 1 heterocycles. The summed E-state index contributed by atoms with van der Waals surface area (Å²) in [7, 11) is -3.96. The Labute approximate surface area is 120 Å². The van der Waals surface area contributed by atoms with Crippen molar-refractivity contribution in [1.82, 2.24) is 4.98 Å². The van der Waals surface area contributed by atoms with Gasteiger partial charge in [-0.2, -0.15) is 0 Å². The Kier molecular flexibility index (Phi) is 3.76. The standard InChI is InChI=1S/C12H12N4O4S/c1-8-2-3-9(6-11(8)16(17)18)15-21(19,20)12-7-14-5-4-10(12)13/h2-7,15H,1H3,(H2,13,14). The third-order valence-corrected chi connectivity index (χ3v) is 4.19. The molecule has 3 N–H and O–H groups in total. The van der Waals surface area contributed by atoms with Crippen molar-refractivity contribution in [2.24, 2.45) is 0 Å². The molecule has 0 bridgehead atoms. The SMILES string of the molecule is Cc1ccc(NS(=O)(=O)c2cnccc2N)cc1[N+](=O)[O-]. The molecule has 0 spiro atoms. The van der Waals surface area contributed by atoms with Crippen LogP contribution in [0.25, 0.3) is 0 Å². The lowest BCUT2D eigenvalue weighted by atomic mass is 10.2. The van der Waals surface area contributed by atoms with Gasteiger partial charge in [-0.3, -0.25) is 19.8 Å². The second-order valence-electron chi connectivity index (χ2n) is 4.28. The van der Waals surface area contributed by atoms with E-state index in [2.05, 4.69) is 9.71 Å². The molecule has 1 aromatic heterocycles. The van der Waals surface area contributed by atoms with Crippen LogP contribution in [0, 0.1) is 17.0 Å². The number of benzene rings is 1. The van der Waals surface area contributed by atoms with Crippen LogP contribution in [0.15, 0.2) is 41.6 Å². The van der Waals surface area contributed by atoms with Crippen molar-refractivity contribution in [3.63, 3.8) is 0 Å². The molecule has 0 aliphatic heterocycles. The van der Waals surface area contributed by atoms with Gasteiger partial charge < -0.3 is 5.73 Å². The summed E-state index contributed by atoms with van der Waals surface area (Å²) in [5.41, 5.74) is 5.98. The maximum absolute atomic E-state index is 12.2. The van der Waals surface area contributed by atoms with Gasteiger partial charge in [-0.15, -0.1) is 0 Å². The first kappa shape index (κ1) is 14.7. The van der Waals surface area contributed by atoms with E-state index < -0.39 is 14.9 Å². The normalized spacial score (nSPS) is 11.1. The molecule has 2 aromatic rings. The first-order chi connectivity index (χ1) is 9.81. The van der Waals surface area contributed by atoms with Crippen LogP contribution in [0.3, 0.4) is 0 Å². The summed E-state index contributed by atoms with van der Waals surface area (Å²) in [6.45, 7) is 1.56. The maximum atomic E-state index is 12.2. The predicted octanol–water partition coefficient (Wildman–Crippen LogP) is 1.68. The Morgan fingerprint density at radius 3 is 2.67 bits per heavy atom. The van der Waals surface area contributed by atoms with E-state index in [1.807, 2.05) is 0 Å². The van der Waals surface area contributed by atoms with Crippen LogP contribution < -0.4 is 10.5 Å². The molecule has 0 aliphatic rings. The third kappa shape index (κ3) is 3.08. The van der Waals surface area contributed by atoms with Gasteiger partial charge in [0.15, 0.2) is 0 Å². The number of sulfonamides is 1. The monoisotopic (exact) mass is 308 g/mol. The number of nitrogens with one attached hydrogen (secondary N) is 1. The van der Waals surface area contributed by atoms with Crippen LogP contribution in [-0.2, 0) is 10.0 Å². The number of nitrogen functional groups attached to an aromatic ring is 1. The summed E-state index contributed by atoms with van der Waals surface area (Å²) in [4.78, 5) is 13.8. The second-order valence-corrected chi connectivity index (χ2v) is 5.93. The molecule has 0 saturated carbocycles. The van der Waals surface area contributed by atoms with E-state index in [1.165, 1.54) is 24.4 Å². The van der Waals surface area contributed by atoms with Crippen LogP contribution in [0.1, 0.15) is 5.56 Å². The van der Waals surface area contributed by atoms with Gasteiger partial charge in [-0.1, -0.05) is 6.07 Å². The first-order valence-electron chi connectivity index (χ1n) is 5.78. The van der Waals surface area contributed by atoms with Crippen LogP contribution in [-0.4, -0.2) is 18.3 Å². The summed E-state index contributed by atoms with van der Waals surface area (Å²) in [6, 6.07) is 5.40. The summed E-state index contributed by atoms with van der Waals surface area (Å²) < 4.78 is 26.6. The van der Waals surface area contributed by atoms with Gasteiger partial charge in [0.1, 0.15) is 4.90 Å². The third-order valence-electron chi connectivity index (χ3n) is 2.76. The van der Waals surface area contributed by atoms with Crippen molar-refractivity contribution >= 4 is 27.1 Å². The molecular formula is C12H12N4O4S. The van der Waals surface area contributed by atoms with Gasteiger partial charge in [0.2, 0.25) is 0 Å². The van der Waals surface area contributed by atoms with Gasteiger partial charge in [-0.05, 0) is 19.1 Å². The van der Waals surface area contributed by atoms with E-state index in [1.54, 1.807) is 6.92 Å². The van der Waals surface area contributed by atoms with E-state index in [0.29, 0.717) is 5.56 Å². The largest absolute Gasteiger partial charge is 0.398 e. The average molecular weight is 308 g/mol. The minimum absolute atomic E-state index is 0.0408. The van der Waals surface area contributed by atoms with E-state index in [9.17, 15) is 18.5 Å². The van der Waals surface area contributed by atoms with Crippen molar-refractivity contribution in [2.45, 2.75) is 11.8 Å². The molecule has 0 atom stereocenters. The van der Waals surface area contributed by atoms with E-state index in [-0.39, 0.29) is 22.0 Å². The zero-order valence-corrected chi connectivity index (χ0v) is 11.8. The number of pyridine rings is 1. The van der Waals surface area contributed by atoms with Crippen LogP contribution in [0.2, 0.25) is 0 Å². The van der Waals surface area contributed by atoms with Crippen molar-refractivity contribution in [3.05, 3.63) is 52.3 Å². The zero-order chi connectivity index (χ0) is 15.6. The molecule has 0 unspecified atom stereocenters. The quantitative estimate of drug-likeness (QED) is 0.653. The molecule has 0 amide bonds. The van der Waals surface area contributed by atoms with Crippen molar-refractivity contribution in [3.8, 4) is 0 Å². The number of nitro benzene ring substituents is 1. The number of nitrogens with zero attached hydrogens (tertiary/aromatic N) is 2. The lowest BCUT2D eigenvalue weighted by Gasteiger charge is -2.10. The van der Waals surface area contributed by atoms with Crippen molar-refractivity contribution in [2.75, 3.05) is 10.5 Å². The second kappa shape index (κ2) is 5.37. The molecule has 21 heavy (non-hydrogen) atoms. The highest BCUT2D eigenvalue weighted by Gasteiger charge is 2.19. The Morgan fingerprint density at radius 2 is 2.05 bits per heavy atom. The van der Waals surface area contributed by atoms with Gasteiger partial charge in [-0.25, -0.2) is 8.42 Å². The first-order valence-corrected chi connectivity index (χ1v) is 7.27. The number of anilines is 2. The van der Waals surface area contributed by atoms with Crippen LogP contribution in [0.5, 0.6) is 0 Å². The van der Waals surface area contributed by atoms with E-state index >= 15 is 0 Å². The topological polar surface area (TPSA) is 128 Å². The van der Waals surface area contributed by atoms with E-state index in [4.69, 9.17) is 5.73 Å². The fourth-order valence-corrected chi connectivity index (χ4v) is 2.82. The van der Waals surface area contributed by atoms with Gasteiger partial charge in [0.05, 0.1) is 16.3 Å². The molecule has 8 nitrogen and oxygen atoms in total. The van der Waals surface area contributed by atoms with Gasteiger partial charge in [0, 0.05) is 24.0 Å². The Bertz CT molecular complexity index is 805. The van der Waals surface area contributed by atoms with Crippen molar-refractivity contribution in [1.29, 1.82) is 0 Å². The average Bonchev–Trinajstić information content (AvgIpc) is 2.40. The molecule has 0 fully saturated rings. The highest BCUT2D eigenvalue weighted by molar-refractivity contribution is 7.92. The molecule has 0 saturated heterocycles. The summed E-state index contributed by atoms with van der Waals surface area (Å²) in [6.07, 6.45) is 2.48. The predicted molar refractivity (Wildman–Crippen MR) is 77.3 cm³/mol. The minimum Gasteiger partial charge on any atom is -0.398 e. The highest BCUT2D eigenvalue weighted by Crippen LogP contribution is 2.25. The molecule has 0 aliphatic carbocycles. The molecule has 110 valence electrons. The lowest BCUT2D eigenvalue weighted by molar-refractivity contribution is -0.385. The van der Waals surface area contributed by atoms with Crippen LogP contribution >= 0.6 is 0 Å². The molecular weight excluding hydrogens is 296 g/mol. The minimum atomic E-state index is -3.96. The number of rotatable bonds is 4. The Balaban J connectivity index is 2.40. The molecule has 2 rings (SSSR count). The fourth-order valence-electron chi connectivity index (χ4n) is 1.69. The van der Waals surface area contributed by atoms with E-state index in [0.717, 1.165) is 12.3 Å². The smallest absolute Gasteiger partial charge is 0.274 e. The zero-order valence-electron chi connectivity index (χ0n) is 11.0. The number of nitrogens with two attached hydrogens (primary N) is 1. The molecule has 1 aromatic carbocycles. The Hall–Kier alpha value is -2.68. The maximum Gasteiger partial charge on any atom is 0.274 e. The van der Waals surface area contributed by atoms with Crippen LogP contribution in [0.4, 0.5) is 17.1 Å². The van der Waals surface area contributed by atoms with Gasteiger partial charge in [0.25, 0.3) is 15.7 Å². The number of aromatic nitrogens is 1. The Morgan fingerprint density at radius 1 is 1.33 bits per heavy atom. The van der Waals surface area contributed by atoms with Crippen molar-refractivity contribution < 1.29 is 13.3 Å². The summed E-state index contributed by atoms with van der Waals surface area (Å²) in [5.74, 6) is 0. The molecule has 9 heteroatoms.